The Balaban J connectivity index is 4.31. The molecule has 0 unspecified atom stereocenters. The second-order valence-corrected chi connectivity index (χ2v) is 5.03. The van der Waals surface area contributed by atoms with Gasteiger partial charge in [-0.1, -0.05) is 40.0 Å². The van der Waals surface area contributed by atoms with Gasteiger partial charge in [0.1, 0.15) is 12.7 Å². The zero-order valence-corrected chi connectivity index (χ0v) is 11.3. The van der Waals surface area contributed by atoms with Gasteiger partial charge in [-0.25, -0.2) is 9.59 Å². The quantitative estimate of drug-likeness (QED) is 0.258. The number of hydrogen-bond donors (Lipinski definition) is 0. The summed E-state index contributed by atoms with van der Waals surface area (Å²) in [5.41, 5.74) is -0.748. The SMILES string of the molecule is CCOC(=O)/C(C#N)=N\OC(=O)OCC(Cl)(Cl)Cl. The summed E-state index contributed by atoms with van der Waals surface area (Å²) in [6, 6.07) is 1.38. The summed E-state index contributed by atoms with van der Waals surface area (Å²) in [5.74, 6) is -1.03. The molecule has 0 aliphatic carbocycles. The molecule has 100 valence electrons. The molecule has 0 bridgehead atoms. The van der Waals surface area contributed by atoms with E-state index in [9.17, 15) is 9.59 Å². The van der Waals surface area contributed by atoms with Crippen LogP contribution in [0.3, 0.4) is 0 Å². The third-order valence-electron chi connectivity index (χ3n) is 1.14. The smallest absolute Gasteiger partial charge is 0.461 e. The van der Waals surface area contributed by atoms with E-state index in [0.717, 1.165) is 0 Å². The normalized spacial score (nSPS) is 11.4. The summed E-state index contributed by atoms with van der Waals surface area (Å²) in [5, 5.41) is 11.5. The zero-order valence-electron chi connectivity index (χ0n) is 8.98. The summed E-state index contributed by atoms with van der Waals surface area (Å²) in [6.07, 6.45) is -1.33. The first-order chi connectivity index (χ1) is 8.30. The van der Waals surface area contributed by atoms with Gasteiger partial charge in [0.25, 0.3) is 5.71 Å². The van der Waals surface area contributed by atoms with Crippen LogP contribution in [0, 0.1) is 11.3 Å². The van der Waals surface area contributed by atoms with Crippen molar-refractivity contribution in [3.63, 3.8) is 0 Å². The molecule has 0 rings (SSSR count). The van der Waals surface area contributed by atoms with Gasteiger partial charge in [-0.3, -0.25) is 4.84 Å². The van der Waals surface area contributed by atoms with Gasteiger partial charge in [0.05, 0.1) is 6.61 Å². The second kappa shape index (κ2) is 7.97. The number of ether oxygens (including phenoxy) is 2. The van der Waals surface area contributed by atoms with E-state index in [2.05, 4.69) is 19.5 Å². The maximum atomic E-state index is 11.0. The van der Waals surface area contributed by atoms with Crippen molar-refractivity contribution in [2.24, 2.45) is 5.16 Å². The number of carbonyl (C=O) groups excluding carboxylic acids is 2. The molecule has 0 saturated carbocycles. The molecule has 18 heavy (non-hydrogen) atoms. The Kier molecular flexibility index (Phi) is 7.43. The lowest BCUT2D eigenvalue weighted by molar-refractivity contribution is -0.135. The van der Waals surface area contributed by atoms with Crippen molar-refractivity contribution in [3.8, 4) is 6.07 Å². The van der Waals surface area contributed by atoms with E-state index in [1.54, 1.807) is 0 Å². The maximum absolute atomic E-state index is 11.0. The Morgan fingerprint density at radius 2 is 1.94 bits per heavy atom. The van der Waals surface area contributed by atoms with Crippen LogP contribution in [0.2, 0.25) is 0 Å². The highest BCUT2D eigenvalue weighted by atomic mass is 35.6. The Morgan fingerprint density at radius 3 is 2.39 bits per heavy atom. The van der Waals surface area contributed by atoms with E-state index >= 15 is 0 Å². The second-order valence-electron chi connectivity index (χ2n) is 2.52. The topological polar surface area (TPSA) is 98.0 Å². The highest BCUT2D eigenvalue weighted by molar-refractivity contribution is 6.67. The summed E-state index contributed by atoms with van der Waals surface area (Å²) >= 11 is 15.9. The molecule has 0 amide bonds. The van der Waals surface area contributed by atoms with E-state index in [1.165, 1.54) is 13.0 Å². The number of nitriles is 1. The molecular weight excluding hydrogens is 310 g/mol. The zero-order chi connectivity index (χ0) is 14.2. The Hall–Kier alpha value is -1.23. The van der Waals surface area contributed by atoms with Crippen molar-refractivity contribution in [2.75, 3.05) is 13.2 Å². The van der Waals surface area contributed by atoms with Crippen LogP contribution in [-0.4, -0.2) is 34.8 Å². The molecule has 0 heterocycles. The summed E-state index contributed by atoms with van der Waals surface area (Å²) in [4.78, 5) is 26.0. The number of halogens is 3. The Morgan fingerprint density at radius 1 is 1.33 bits per heavy atom. The number of alkyl halides is 3. The van der Waals surface area contributed by atoms with Gasteiger partial charge >= 0.3 is 12.1 Å². The van der Waals surface area contributed by atoms with Crippen LogP contribution in [0.1, 0.15) is 6.92 Å². The largest absolute Gasteiger partial charge is 0.535 e. The minimum Gasteiger partial charge on any atom is -0.461 e. The van der Waals surface area contributed by atoms with Gasteiger partial charge in [-0.05, 0) is 6.92 Å². The Labute approximate surface area is 117 Å². The van der Waals surface area contributed by atoms with Crippen LogP contribution < -0.4 is 0 Å². The van der Waals surface area contributed by atoms with E-state index < -0.39 is 28.2 Å². The third-order valence-corrected chi connectivity index (χ3v) is 1.47. The highest BCUT2D eigenvalue weighted by Crippen LogP contribution is 2.25. The molecule has 0 atom stereocenters. The molecule has 0 N–H and O–H groups in total. The molecule has 0 aromatic rings. The number of carbonyl (C=O) groups is 2. The average Bonchev–Trinajstić information content (AvgIpc) is 2.26. The van der Waals surface area contributed by atoms with Crippen molar-refractivity contribution in [1.29, 1.82) is 5.26 Å². The molecule has 0 aromatic heterocycles. The molecule has 0 saturated heterocycles. The van der Waals surface area contributed by atoms with Crippen molar-refractivity contribution in [1.82, 2.24) is 0 Å². The van der Waals surface area contributed by atoms with E-state index in [0.29, 0.717) is 0 Å². The molecular formula is C8H7Cl3N2O5. The fourth-order valence-corrected chi connectivity index (χ4v) is 0.716. The fourth-order valence-electron chi connectivity index (χ4n) is 0.553. The summed E-state index contributed by atoms with van der Waals surface area (Å²) in [6.45, 7) is 0.994. The minimum atomic E-state index is -1.80. The van der Waals surface area contributed by atoms with Gasteiger partial charge < -0.3 is 9.47 Å². The Bertz CT molecular complexity index is 385. The van der Waals surface area contributed by atoms with Crippen LogP contribution in [0.25, 0.3) is 0 Å². The van der Waals surface area contributed by atoms with Crippen molar-refractivity contribution >= 4 is 52.6 Å². The van der Waals surface area contributed by atoms with E-state index in [-0.39, 0.29) is 6.61 Å². The number of hydrogen-bond acceptors (Lipinski definition) is 7. The lowest BCUT2D eigenvalue weighted by Gasteiger charge is -2.09. The molecule has 7 nitrogen and oxygen atoms in total. The van der Waals surface area contributed by atoms with Crippen LogP contribution in [-0.2, 0) is 19.1 Å². The molecule has 0 aliphatic rings. The molecule has 10 heteroatoms. The van der Waals surface area contributed by atoms with Crippen molar-refractivity contribution in [2.45, 2.75) is 10.7 Å². The van der Waals surface area contributed by atoms with Gasteiger partial charge in [0.15, 0.2) is 0 Å². The summed E-state index contributed by atoms with van der Waals surface area (Å²) < 4.78 is 6.97. The molecule has 0 aromatic carbocycles. The maximum Gasteiger partial charge on any atom is 0.535 e. The first-order valence-corrected chi connectivity index (χ1v) is 5.49. The first kappa shape index (κ1) is 16.8. The lowest BCUT2D eigenvalue weighted by atomic mass is 10.4. The predicted molar refractivity (Wildman–Crippen MR) is 62.4 cm³/mol. The van der Waals surface area contributed by atoms with Gasteiger partial charge in [0, 0.05) is 0 Å². The van der Waals surface area contributed by atoms with E-state index in [4.69, 9.17) is 40.1 Å². The average molecular weight is 318 g/mol. The standard InChI is InChI=1S/C8H7Cl3N2O5/c1-2-16-6(14)5(3-12)13-18-7(15)17-4-8(9,10)11/h2,4H2,1H3/b13-5-. The number of oxime groups is 1. The highest BCUT2D eigenvalue weighted by Gasteiger charge is 2.23. The van der Waals surface area contributed by atoms with E-state index in [1.807, 2.05) is 0 Å². The predicted octanol–water partition coefficient (Wildman–Crippen LogP) is 1.95. The number of nitrogens with zero attached hydrogens (tertiary/aromatic N) is 2. The minimum absolute atomic E-state index is 0.0389. The summed E-state index contributed by atoms with van der Waals surface area (Å²) in [7, 11) is 0. The van der Waals surface area contributed by atoms with Gasteiger partial charge in [0.2, 0.25) is 3.79 Å². The molecule has 0 spiro atoms. The number of rotatable bonds is 4. The monoisotopic (exact) mass is 316 g/mol. The lowest BCUT2D eigenvalue weighted by Crippen LogP contribution is -2.19. The van der Waals surface area contributed by atoms with Crippen LogP contribution in [0.5, 0.6) is 0 Å². The first-order valence-electron chi connectivity index (χ1n) is 4.36. The number of esters is 1. The van der Waals surface area contributed by atoms with Crippen molar-refractivity contribution < 1.29 is 23.9 Å². The van der Waals surface area contributed by atoms with Gasteiger partial charge in [-0.2, -0.15) is 5.26 Å². The molecule has 0 fully saturated rings. The third kappa shape index (κ3) is 7.95. The van der Waals surface area contributed by atoms with Crippen molar-refractivity contribution in [3.05, 3.63) is 0 Å². The molecule has 0 aliphatic heterocycles. The van der Waals surface area contributed by atoms with Crippen LogP contribution in [0.4, 0.5) is 4.79 Å². The van der Waals surface area contributed by atoms with Gasteiger partial charge in [-0.15, -0.1) is 0 Å². The van der Waals surface area contributed by atoms with Crippen LogP contribution in [0.15, 0.2) is 5.16 Å². The molecule has 0 radical (unpaired) electrons. The van der Waals surface area contributed by atoms with Crippen LogP contribution >= 0.6 is 34.8 Å². The fraction of sp³-hybridized carbons (Fsp3) is 0.500.